The maximum Gasteiger partial charge on any atom is 0.239 e. The summed E-state index contributed by atoms with van der Waals surface area (Å²) < 4.78 is 11.2. The molecule has 0 spiro atoms. The van der Waals surface area contributed by atoms with Crippen LogP contribution in [0.5, 0.6) is 11.5 Å². The fourth-order valence-corrected chi connectivity index (χ4v) is 2.57. The summed E-state index contributed by atoms with van der Waals surface area (Å²) in [6.07, 6.45) is 0.830. The molecule has 0 unspecified atom stereocenters. The second-order valence-electron chi connectivity index (χ2n) is 5.45. The average Bonchev–Trinajstić information content (AvgIpc) is 2.83. The second kappa shape index (κ2) is 7.93. The van der Waals surface area contributed by atoms with Crippen LogP contribution in [0.2, 0.25) is 5.02 Å². The summed E-state index contributed by atoms with van der Waals surface area (Å²) in [5.74, 6) is 1.17. The summed E-state index contributed by atoms with van der Waals surface area (Å²) in [5.41, 5.74) is 1.70. The Morgan fingerprint density at radius 1 is 1.08 bits per heavy atom. The van der Waals surface area contributed by atoms with Crippen LogP contribution in [0, 0.1) is 0 Å². The summed E-state index contributed by atoms with van der Waals surface area (Å²) in [6.45, 7) is 1.84. The Bertz CT molecular complexity index is 707. The van der Waals surface area contributed by atoms with Crippen LogP contribution in [0.1, 0.15) is 12.0 Å². The van der Waals surface area contributed by atoms with Crippen molar-refractivity contribution in [1.29, 1.82) is 0 Å². The molecule has 24 heavy (non-hydrogen) atoms. The summed E-state index contributed by atoms with van der Waals surface area (Å²) in [5, 5.41) is 6.40. The molecule has 0 atom stereocenters. The number of halogens is 1. The first-order valence-corrected chi connectivity index (χ1v) is 8.24. The van der Waals surface area contributed by atoms with Gasteiger partial charge in [0.2, 0.25) is 5.91 Å². The molecule has 2 aromatic carbocycles. The van der Waals surface area contributed by atoms with Gasteiger partial charge in [0.1, 0.15) is 0 Å². The molecule has 0 bridgehead atoms. The maximum atomic E-state index is 12.0. The summed E-state index contributed by atoms with van der Waals surface area (Å²) in [7, 11) is 0. The van der Waals surface area contributed by atoms with Gasteiger partial charge < -0.3 is 20.1 Å². The number of amides is 1. The maximum absolute atomic E-state index is 12.0. The van der Waals surface area contributed by atoms with E-state index in [1.54, 1.807) is 12.1 Å². The smallest absolute Gasteiger partial charge is 0.239 e. The quantitative estimate of drug-likeness (QED) is 0.872. The van der Waals surface area contributed by atoms with Gasteiger partial charge in [-0.25, -0.2) is 0 Å². The van der Waals surface area contributed by atoms with Gasteiger partial charge >= 0.3 is 0 Å². The molecule has 126 valence electrons. The number of nitrogens with one attached hydrogen (secondary N) is 2. The van der Waals surface area contributed by atoms with Crippen molar-refractivity contribution in [2.75, 3.05) is 25.1 Å². The van der Waals surface area contributed by atoms with Crippen LogP contribution in [0.25, 0.3) is 0 Å². The zero-order valence-electron chi connectivity index (χ0n) is 13.2. The second-order valence-corrected chi connectivity index (χ2v) is 5.85. The number of ether oxygens (including phenoxy) is 2. The number of fused-ring (bicyclic) bond motifs is 1. The van der Waals surface area contributed by atoms with Crippen molar-refractivity contribution in [3.63, 3.8) is 0 Å². The molecule has 2 aromatic rings. The minimum atomic E-state index is -0.109. The van der Waals surface area contributed by atoms with Crippen LogP contribution in [0.15, 0.2) is 42.5 Å². The minimum Gasteiger partial charge on any atom is -0.490 e. The molecule has 5 nitrogen and oxygen atoms in total. The standard InChI is InChI=1S/C18H19ClN2O3/c19-14-9-16-17(24-8-4-7-23-16)10-15(14)20-12-18(22)21-11-13-5-2-1-3-6-13/h1-3,5-6,9-10,20H,4,7-8,11-12H2,(H,21,22). The molecule has 1 heterocycles. The van der Waals surface area contributed by atoms with Gasteiger partial charge in [0.25, 0.3) is 0 Å². The highest BCUT2D eigenvalue weighted by atomic mass is 35.5. The first kappa shape index (κ1) is 16.5. The van der Waals surface area contributed by atoms with E-state index >= 15 is 0 Å². The van der Waals surface area contributed by atoms with E-state index in [9.17, 15) is 4.79 Å². The SMILES string of the molecule is O=C(CNc1cc2c(cc1Cl)OCCCO2)NCc1ccccc1. The lowest BCUT2D eigenvalue weighted by atomic mass is 10.2. The molecule has 6 heteroatoms. The largest absolute Gasteiger partial charge is 0.490 e. The number of anilines is 1. The normalized spacial score (nSPS) is 13.0. The first-order valence-electron chi connectivity index (χ1n) is 7.86. The average molecular weight is 347 g/mol. The monoisotopic (exact) mass is 346 g/mol. The van der Waals surface area contributed by atoms with Gasteiger partial charge in [0.15, 0.2) is 11.5 Å². The third-order valence-corrected chi connectivity index (χ3v) is 3.92. The zero-order valence-corrected chi connectivity index (χ0v) is 13.9. The molecule has 3 rings (SSSR count). The molecule has 0 fully saturated rings. The summed E-state index contributed by atoms with van der Waals surface area (Å²) in [6, 6.07) is 13.2. The van der Waals surface area contributed by atoms with Gasteiger partial charge in [-0.05, 0) is 5.56 Å². The van der Waals surface area contributed by atoms with Crippen molar-refractivity contribution in [3.05, 3.63) is 53.1 Å². The predicted molar refractivity (Wildman–Crippen MR) is 93.8 cm³/mol. The molecule has 0 aliphatic carbocycles. The summed E-state index contributed by atoms with van der Waals surface area (Å²) >= 11 is 6.24. The number of carbonyl (C=O) groups excluding carboxylic acids is 1. The van der Waals surface area contributed by atoms with Crippen molar-refractivity contribution in [1.82, 2.24) is 5.32 Å². The Hall–Kier alpha value is -2.40. The predicted octanol–water partition coefficient (Wildman–Crippen LogP) is 3.23. The van der Waals surface area contributed by atoms with Crippen LogP contribution in [0.4, 0.5) is 5.69 Å². The van der Waals surface area contributed by atoms with Gasteiger partial charge in [-0.15, -0.1) is 0 Å². The fraction of sp³-hybridized carbons (Fsp3) is 0.278. The Morgan fingerprint density at radius 3 is 2.54 bits per heavy atom. The molecular formula is C18H19ClN2O3. The number of carbonyl (C=O) groups is 1. The zero-order chi connectivity index (χ0) is 16.8. The number of hydrogen-bond donors (Lipinski definition) is 2. The lowest BCUT2D eigenvalue weighted by Crippen LogP contribution is -2.29. The van der Waals surface area contributed by atoms with Crippen molar-refractivity contribution >= 4 is 23.2 Å². The van der Waals surface area contributed by atoms with E-state index in [2.05, 4.69) is 10.6 Å². The van der Waals surface area contributed by atoms with E-state index in [0.717, 1.165) is 12.0 Å². The van der Waals surface area contributed by atoms with Crippen LogP contribution in [-0.4, -0.2) is 25.7 Å². The minimum absolute atomic E-state index is 0.109. The lowest BCUT2D eigenvalue weighted by Gasteiger charge is -2.13. The molecule has 1 aliphatic heterocycles. The Kier molecular flexibility index (Phi) is 5.43. The van der Waals surface area contributed by atoms with Crippen molar-refractivity contribution in [2.24, 2.45) is 0 Å². The highest BCUT2D eigenvalue weighted by molar-refractivity contribution is 6.33. The number of rotatable bonds is 5. The van der Waals surface area contributed by atoms with Gasteiger partial charge in [0, 0.05) is 25.1 Å². The molecule has 0 aromatic heterocycles. The van der Waals surface area contributed by atoms with Crippen LogP contribution < -0.4 is 20.1 Å². The van der Waals surface area contributed by atoms with Gasteiger partial charge in [0.05, 0.1) is 30.5 Å². The third kappa shape index (κ3) is 4.32. The van der Waals surface area contributed by atoms with E-state index in [4.69, 9.17) is 21.1 Å². The van der Waals surface area contributed by atoms with E-state index in [1.807, 2.05) is 30.3 Å². The summed E-state index contributed by atoms with van der Waals surface area (Å²) in [4.78, 5) is 12.0. The Balaban J connectivity index is 1.56. The highest BCUT2D eigenvalue weighted by Crippen LogP contribution is 2.37. The van der Waals surface area contributed by atoms with E-state index in [0.29, 0.717) is 42.0 Å². The molecule has 1 amide bonds. The molecule has 1 aliphatic rings. The van der Waals surface area contributed by atoms with Crippen LogP contribution >= 0.6 is 11.6 Å². The Labute approximate surface area is 145 Å². The Morgan fingerprint density at radius 2 is 1.79 bits per heavy atom. The molecular weight excluding hydrogens is 328 g/mol. The van der Waals surface area contributed by atoms with Crippen molar-refractivity contribution in [2.45, 2.75) is 13.0 Å². The fourth-order valence-electron chi connectivity index (χ4n) is 2.35. The van der Waals surface area contributed by atoms with Gasteiger partial charge in [-0.1, -0.05) is 41.9 Å². The van der Waals surface area contributed by atoms with Gasteiger partial charge in [-0.3, -0.25) is 4.79 Å². The van der Waals surface area contributed by atoms with E-state index < -0.39 is 0 Å². The third-order valence-electron chi connectivity index (χ3n) is 3.61. The van der Waals surface area contributed by atoms with Crippen molar-refractivity contribution in [3.8, 4) is 11.5 Å². The topological polar surface area (TPSA) is 59.6 Å². The molecule has 0 radical (unpaired) electrons. The van der Waals surface area contributed by atoms with Crippen LogP contribution in [0.3, 0.4) is 0 Å². The van der Waals surface area contributed by atoms with E-state index in [1.165, 1.54) is 0 Å². The van der Waals surface area contributed by atoms with Gasteiger partial charge in [-0.2, -0.15) is 0 Å². The highest BCUT2D eigenvalue weighted by Gasteiger charge is 2.14. The number of benzene rings is 2. The first-order chi connectivity index (χ1) is 11.7. The van der Waals surface area contributed by atoms with Crippen LogP contribution in [-0.2, 0) is 11.3 Å². The lowest BCUT2D eigenvalue weighted by molar-refractivity contribution is -0.119. The van der Waals surface area contributed by atoms with Crippen molar-refractivity contribution < 1.29 is 14.3 Å². The molecule has 2 N–H and O–H groups in total. The molecule has 0 saturated carbocycles. The number of hydrogen-bond acceptors (Lipinski definition) is 4. The van der Waals surface area contributed by atoms with E-state index in [-0.39, 0.29) is 12.5 Å². The molecule has 0 saturated heterocycles.